The van der Waals surface area contributed by atoms with Gasteiger partial charge in [-0.15, -0.1) is 0 Å². The van der Waals surface area contributed by atoms with E-state index in [1.165, 1.54) is 5.69 Å². The number of benzene rings is 3. The Kier molecular flexibility index (Phi) is 7.61. The molecule has 1 amide bonds. The van der Waals surface area contributed by atoms with Gasteiger partial charge in [0.05, 0.1) is 18.1 Å². The fourth-order valence-corrected chi connectivity index (χ4v) is 5.04. The largest absolute Gasteiger partial charge is 0.371 e. The molecule has 3 aromatic carbocycles. The van der Waals surface area contributed by atoms with Crippen LogP contribution in [-0.2, 0) is 24.3 Å². The number of hydrogen-bond donors (Lipinski definition) is 0. The number of nitrogens with zero attached hydrogens (tertiary/aromatic N) is 5. The van der Waals surface area contributed by atoms with E-state index in [9.17, 15) is 4.79 Å². The highest BCUT2D eigenvalue weighted by Crippen LogP contribution is 2.24. The minimum absolute atomic E-state index is 0.106. The van der Waals surface area contributed by atoms with Crippen molar-refractivity contribution in [3.05, 3.63) is 120 Å². The van der Waals surface area contributed by atoms with Crippen LogP contribution in [0.25, 0.3) is 0 Å². The average molecular weight is 490 g/mol. The van der Waals surface area contributed by atoms with Crippen LogP contribution in [0.5, 0.6) is 0 Å². The van der Waals surface area contributed by atoms with E-state index in [0.29, 0.717) is 18.7 Å². The number of imidazole rings is 1. The van der Waals surface area contributed by atoms with Gasteiger partial charge in [-0.1, -0.05) is 60.7 Å². The van der Waals surface area contributed by atoms with Crippen LogP contribution < -0.4 is 4.90 Å². The zero-order chi connectivity index (χ0) is 25.5. The first-order chi connectivity index (χ1) is 18.2. The van der Waals surface area contributed by atoms with Crippen LogP contribution in [0.15, 0.2) is 97.3 Å². The molecule has 4 aromatic rings. The lowest BCUT2D eigenvalue weighted by atomic mass is 10.0. The highest BCUT2D eigenvalue weighted by molar-refractivity contribution is 5.78. The summed E-state index contributed by atoms with van der Waals surface area (Å²) >= 11 is 0. The SMILES string of the molecule is N#Cc1ccc(Cn2ccnc2CC(=O)N(Cc2ccccc2)C2CCN(c3ccccc3)CC2)cc1. The van der Waals surface area contributed by atoms with Crippen molar-refractivity contribution in [2.75, 3.05) is 18.0 Å². The Morgan fingerprint density at radius 1 is 0.919 bits per heavy atom. The Hall–Kier alpha value is -4.37. The van der Waals surface area contributed by atoms with E-state index in [2.05, 4.69) is 57.3 Å². The van der Waals surface area contributed by atoms with Crippen LogP contribution in [-0.4, -0.2) is 39.5 Å². The molecular formula is C31H31N5O. The van der Waals surface area contributed by atoms with E-state index in [0.717, 1.165) is 42.9 Å². The molecule has 0 N–H and O–H groups in total. The van der Waals surface area contributed by atoms with Gasteiger partial charge in [0.15, 0.2) is 0 Å². The minimum Gasteiger partial charge on any atom is -0.371 e. The van der Waals surface area contributed by atoms with E-state index in [4.69, 9.17) is 5.26 Å². The second-order valence-electron chi connectivity index (χ2n) is 9.52. The van der Waals surface area contributed by atoms with E-state index >= 15 is 0 Å². The molecule has 0 aliphatic carbocycles. The van der Waals surface area contributed by atoms with E-state index < -0.39 is 0 Å². The first kappa shape index (κ1) is 24.3. The first-order valence-corrected chi connectivity index (χ1v) is 12.8. The molecule has 6 nitrogen and oxygen atoms in total. The Labute approximate surface area is 218 Å². The number of piperidine rings is 1. The third kappa shape index (κ3) is 6.07. The van der Waals surface area contributed by atoms with Gasteiger partial charge < -0.3 is 14.4 Å². The predicted molar refractivity (Wildman–Crippen MR) is 145 cm³/mol. The highest BCUT2D eigenvalue weighted by Gasteiger charge is 2.29. The molecule has 0 atom stereocenters. The van der Waals surface area contributed by atoms with Gasteiger partial charge in [-0.25, -0.2) is 4.98 Å². The summed E-state index contributed by atoms with van der Waals surface area (Å²) in [5, 5.41) is 9.06. The maximum Gasteiger partial charge on any atom is 0.230 e. The molecule has 1 aliphatic heterocycles. The molecule has 5 rings (SSSR count). The molecule has 0 radical (unpaired) electrons. The molecule has 1 aromatic heterocycles. The highest BCUT2D eigenvalue weighted by atomic mass is 16.2. The summed E-state index contributed by atoms with van der Waals surface area (Å²) in [5.41, 5.74) is 4.09. The zero-order valence-electron chi connectivity index (χ0n) is 20.9. The van der Waals surface area contributed by atoms with Crippen LogP contribution in [0, 0.1) is 11.3 Å². The third-order valence-corrected chi connectivity index (χ3v) is 7.09. The maximum atomic E-state index is 13.8. The predicted octanol–water partition coefficient (Wildman–Crippen LogP) is 5.04. The summed E-state index contributed by atoms with van der Waals surface area (Å²) in [6.07, 6.45) is 5.81. The summed E-state index contributed by atoms with van der Waals surface area (Å²) in [4.78, 5) is 22.8. The molecule has 0 saturated carbocycles. The number of rotatable bonds is 8. The number of carbonyl (C=O) groups excluding carboxylic acids is 1. The lowest BCUT2D eigenvalue weighted by molar-refractivity contribution is -0.134. The number of carbonyl (C=O) groups is 1. The van der Waals surface area contributed by atoms with Crippen molar-refractivity contribution in [3.8, 4) is 6.07 Å². The standard InChI is InChI=1S/C31H31N5O/c32-22-25-11-13-27(14-12-25)23-35-20-17-33-30(35)21-31(37)36(24-26-7-3-1-4-8-26)29-15-18-34(19-16-29)28-9-5-2-6-10-28/h1-14,17,20,29H,15-16,18-19,21,23-24H2. The molecular weight excluding hydrogens is 458 g/mol. The number of hydrogen-bond acceptors (Lipinski definition) is 4. The Morgan fingerprint density at radius 3 is 2.27 bits per heavy atom. The monoisotopic (exact) mass is 489 g/mol. The maximum absolute atomic E-state index is 13.8. The van der Waals surface area contributed by atoms with Crippen LogP contribution >= 0.6 is 0 Å². The van der Waals surface area contributed by atoms with Crippen molar-refractivity contribution < 1.29 is 4.79 Å². The molecule has 186 valence electrons. The molecule has 1 fully saturated rings. The van der Waals surface area contributed by atoms with Crippen LogP contribution in [0.2, 0.25) is 0 Å². The first-order valence-electron chi connectivity index (χ1n) is 12.8. The Morgan fingerprint density at radius 2 is 1.59 bits per heavy atom. The van der Waals surface area contributed by atoms with Gasteiger partial charge in [0.1, 0.15) is 5.82 Å². The van der Waals surface area contributed by atoms with Crippen molar-refractivity contribution in [1.82, 2.24) is 14.5 Å². The number of nitriles is 1. The normalized spacial score (nSPS) is 13.8. The van der Waals surface area contributed by atoms with Crippen molar-refractivity contribution >= 4 is 11.6 Å². The number of anilines is 1. The molecule has 6 heteroatoms. The molecule has 0 unspecified atom stereocenters. The van der Waals surface area contributed by atoms with Gasteiger partial charge in [-0.05, 0) is 48.2 Å². The van der Waals surface area contributed by atoms with E-state index in [1.807, 2.05) is 59.3 Å². The fraction of sp³-hybridized carbons (Fsp3) is 0.258. The van der Waals surface area contributed by atoms with Crippen LogP contribution in [0.3, 0.4) is 0 Å². The number of aromatic nitrogens is 2. The minimum atomic E-state index is 0.106. The van der Waals surface area contributed by atoms with Crippen molar-refractivity contribution in [3.63, 3.8) is 0 Å². The van der Waals surface area contributed by atoms with Crippen LogP contribution in [0.4, 0.5) is 5.69 Å². The van der Waals surface area contributed by atoms with Gasteiger partial charge in [0.25, 0.3) is 0 Å². The van der Waals surface area contributed by atoms with Crippen molar-refractivity contribution in [2.45, 2.75) is 38.4 Å². The summed E-state index contributed by atoms with van der Waals surface area (Å²) in [7, 11) is 0. The number of para-hydroxylation sites is 1. The van der Waals surface area contributed by atoms with Crippen LogP contribution in [0.1, 0.15) is 35.4 Å². The van der Waals surface area contributed by atoms with Crippen molar-refractivity contribution in [1.29, 1.82) is 5.26 Å². The fourth-order valence-electron chi connectivity index (χ4n) is 5.04. The molecule has 0 bridgehead atoms. The molecule has 0 spiro atoms. The average Bonchev–Trinajstić information content (AvgIpc) is 3.39. The number of amides is 1. The Bertz CT molecular complexity index is 1330. The molecule has 1 saturated heterocycles. The van der Waals surface area contributed by atoms with Gasteiger partial charge in [0.2, 0.25) is 5.91 Å². The van der Waals surface area contributed by atoms with E-state index in [-0.39, 0.29) is 18.4 Å². The summed E-state index contributed by atoms with van der Waals surface area (Å²) in [6, 6.07) is 30.6. The second-order valence-corrected chi connectivity index (χ2v) is 9.52. The lowest BCUT2D eigenvalue weighted by Gasteiger charge is -2.39. The summed E-state index contributed by atoms with van der Waals surface area (Å²) in [5.74, 6) is 0.864. The summed E-state index contributed by atoms with van der Waals surface area (Å²) < 4.78 is 2.03. The second kappa shape index (κ2) is 11.6. The van der Waals surface area contributed by atoms with Crippen molar-refractivity contribution in [2.24, 2.45) is 0 Å². The van der Waals surface area contributed by atoms with Gasteiger partial charge in [-0.3, -0.25) is 4.79 Å². The van der Waals surface area contributed by atoms with Gasteiger partial charge >= 0.3 is 0 Å². The topological polar surface area (TPSA) is 65.2 Å². The quantitative estimate of drug-likeness (QED) is 0.348. The van der Waals surface area contributed by atoms with Gasteiger partial charge in [-0.2, -0.15) is 5.26 Å². The zero-order valence-corrected chi connectivity index (χ0v) is 20.9. The van der Waals surface area contributed by atoms with E-state index in [1.54, 1.807) is 6.20 Å². The van der Waals surface area contributed by atoms with Gasteiger partial charge in [0, 0.05) is 50.3 Å². The molecule has 37 heavy (non-hydrogen) atoms. The lowest BCUT2D eigenvalue weighted by Crippen LogP contribution is -2.47. The summed E-state index contributed by atoms with van der Waals surface area (Å²) in [6.45, 7) is 3.08. The molecule has 2 heterocycles. The smallest absolute Gasteiger partial charge is 0.230 e. The Balaban J connectivity index is 1.30. The molecule has 1 aliphatic rings. The third-order valence-electron chi connectivity index (χ3n) is 7.09.